The van der Waals surface area contributed by atoms with E-state index in [0.29, 0.717) is 5.78 Å². The van der Waals surface area contributed by atoms with Crippen LogP contribution in [0.15, 0.2) is 12.7 Å². The first-order valence-electron chi connectivity index (χ1n) is 12.9. The summed E-state index contributed by atoms with van der Waals surface area (Å²) in [6.45, 7) is 6.05. The molecule has 0 aliphatic rings. The lowest BCUT2D eigenvalue weighted by atomic mass is 10.0. The molecule has 0 aliphatic carbocycles. The van der Waals surface area contributed by atoms with E-state index in [1.54, 1.807) is 0 Å². The first-order chi connectivity index (χ1) is 13.8. The Morgan fingerprint density at radius 1 is 0.536 bits per heavy atom. The Balaban J connectivity index is 3.14. The van der Waals surface area contributed by atoms with Gasteiger partial charge in [-0.1, -0.05) is 122 Å². The molecule has 0 bridgehead atoms. The minimum atomic E-state index is 0.508. The van der Waals surface area contributed by atoms with Crippen LogP contribution in [0.1, 0.15) is 155 Å². The summed E-state index contributed by atoms with van der Waals surface area (Å²) < 4.78 is 0. The highest BCUT2D eigenvalue weighted by Gasteiger charge is 2.02. The summed E-state index contributed by atoms with van der Waals surface area (Å²) in [5, 5.41) is 0. The molecule has 0 aromatic heterocycles. The SMILES string of the molecule is C=CCCCCCCCCCC(=O)CCCCCCCCCCCCCCC. The van der Waals surface area contributed by atoms with Crippen LogP contribution in [0.4, 0.5) is 0 Å². The van der Waals surface area contributed by atoms with Crippen LogP contribution in [-0.2, 0) is 4.79 Å². The maximum atomic E-state index is 11.9. The largest absolute Gasteiger partial charge is 0.300 e. The van der Waals surface area contributed by atoms with Crippen LogP contribution in [0.25, 0.3) is 0 Å². The average molecular weight is 393 g/mol. The molecule has 0 aliphatic heterocycles. The summed E-state index contributed by atoms with van der Waals surface area (Å²) >= 11 is 0. The molecular formula is C27H52O. The highest BCUT2D eigenvalue weighted by molar-refractivity contribution is 5.78. The van der Waals surface area contributed by atoms with Gasteiger partial charge in [0.2, 0.25) is 0 Å². The van der Waals surface area contributed by atoms with E-state index >= 15 is 0 Å². The molecule has 1 nitrogen and oxygen atoms in total. The van der Waals surface area contributed by atoms with Gasteiger partial charge in [-0.25, -0.2) is 0 Å². The number of allylic oxidation sites excluding steroid dienone is 1. The topological polar surface area (TPSA) is 17.1 Å². The van der Waals surface area contributed by atoms with Gasteiger partial charge in [0.05, 0.1) is 0 Å². The van der Waals surface area contributed by atoms with Crippen molar-refractivity contribution in [2.45, 2.75) is 155 Å². The third kappa shape index (κ3) is 23.4. The second kappa shape index (κ2) is 24.4. The Hall–Kier alpha value is -0.590. The highest BCUT2D eigenvalue weighted by Crippen LogP contribution is 2.14. The van der Waals surface area contributed by atoms with Crippen LogP contribution in [-0.4, -0.2) is 5.78 Å². The predicted molar refractivity (Wildman–Crippen MR) is 127 cm³/mol. The van der Waals surface area contributed by atoms with Crippen LogP contribution < -0.4 is 0 Å². The molecule has 0 rings (SSSR count). The lowest BCUT2D eigenvalue weighted by Crippen LogP contribution is -1.97. The van der Waals surface area contributed by atoms with E-state index in [1.807, 2.05) is 6.08 Å². The lowest BCUT2D eigenvalue weighted by molar-refractivity contribution is -0.119. The average Bonchev–Trinajstić information content (AvgIpc) is 2.70. The summed E-state index contributed by atoms with van der Waals surface area (Å²) in [4.78, 5) is 11.9. The van der Waals surface area contributed by atoms with E-state index in [4.69, 9.17) is 0 Å². The van der Waals surface area contributed by atoms with E-state index in [1.165, 1.54) is 116 Å². The van der Waals surface area contributed by atoms with E-state index in [0.717, 1.165) is 32.1 Å². The molecule has 0 amide bonds. The Labute approximate surface area is 178 Å². The fourth-order valence-corrected chi connectivity index (χ4v) is 3.96. The smallest absolute Gasteiger partial charge is 0.132 e. The van der Waals surface area contributed by atoms with Gasteiger partial charge in [-0.3, -0.25) is 4.79 Å². The van der Waals surface area contributed by atoms with Crippen LogP contribution in [0.3, 0.4) is 0 Å². The molecule has 0 atom stereocenters. The molecule has 0 heterocycles. The molecule has 0 spiro atoms. The van der Waals surface area contributed by atoms with Gasteiger partial charge in [-0.2, -0.15) is 0 Å². The summed E-state index contributed by atoms with van der Waals surface area (Å²) in [5.41, 5.74) is 0. The molecule has 166 valence electrons. The van der Waals surface area contributed by atoms with Gasteiger partial charge in [0.15, 0.2) is 0 Å². The molecule has 28 heavy (non-hydrogen) atoms. The molecule has 0 N–H and O–H groups in total. The van der Waals surface area contributed by atoms with Gasteiger partial charge in [0, 0.05) is 12.8 Å². The number of hydrogen-bond donors (Lipinski definition) is 0. The molecular weight excluding hydrogens is 340 g/mol. The van der Waals surface area contributed by atoms with Gasteiger partial charge < -0.3 is 0 Å². The zero-order valence-electron chi connectivity index (χ0n) is 19.5. The van der Waals surface area contributed by atoms with Crippen LogP contribution in [0.2, 0.25) is 0 Å². The van der Waals surface area contributed by atoms with Crippen LogP contribution in [0, 0.1) is 0 Å². The van der Waals surface area contributed by atoms with E-state index in [9.17, 15) is 4.79 Å². The van der Waals surface area contributed by atoms with Gasteiger partial charge in [-0.05, 0) is 25.7 Å². The Morgan fingerprint density at radius 3 is 1.21 bits per heavy atom. The van der Waals surface area contributed by atoms with Crippen molar-refractivity contribution >= 4 is 5.78 Å². The molecule has 0 fully saturated rings. The molecule has 0 aromatic rings. The van der Waals surface area contributed by atoms with Crippen molar-refractivity contribution in [1.29, 1.82) is 0 Å². The van der Waals surface area contributed by atoms with Crippen molar-refractivity contribution in [2.24, 2.45) is 0 Å². The lowest BCUT2D eigenvalue weighted by Gasteiger charge is -2.04. The number of carbonyl (C=O) groups is 1. The predicted octanol–water partition coefficient (Wildman–Crippen LogP) is 9.73. The van der Waals surface area contributed by atoms with Crippen molar-refractivity contribution in [2.75, 3.05) is 0 Å². The van der Waals surface area contributed by atoms with Crippen molar-refractivity contribution < 1.29 is 4.79 Å². The molecule has 0 saturated heterocycles. The first-order valence-corrected chi connectivity index (χ1v) is 12.9. The maximum Gasteiger partial charge on any atom is 0.132 e. The van der Waals surface area contributed by atoms with E-state index in [-0.39, 0.29) is 0 Å². The number of unbranched alkanes of at least 4 members (excludes halogenated alkanes) is 19. The van der Waals surface area contributed by atoms with Crippen LogP contribution >= 0.6 is 0 Å². The van der Waals surface area contributed by atoms with Crippen molar-refractivity contribution in [3.8, 4) is 0 Å². The van der Waals surface area contributed by atoms with Crippen molar-refractivity contribution in [1.82, 2.24) is 0 Å². The quantitative estimate of drug-likeness (QED) is 0.118. The fourth-order valence-electron chi connectivity index (χ4n) is 3.96. The zero-order valence-corrected chi connectivity index (χ0v) is 19.5. The van der Waals surface area contributed by atoms with Gasteiger partial charge in [-0.15, -0.1) is 6.58 Å². The van der Waals surface area contributed by atoms with Crippen molar-refractivity contribution in [3.05, 3.63) is 12.7 Å². The number of ketones is 1. The van der Waals surface area contributed by atoms with E-state index < -0.39 is 0 Å². The van der Waals surface area contributed by atoms with Crippen LogP contribution in [0.5, 0.6) is 0 Å². The minimum absolute atomic E-state index is 0.508. The molecule has 0 radical (unpaired) electrons. The Bertz CT molecular complexity index is 320. The van der Waals surface area contributed by atoms with Gasteiger partial charge in [0.1, 0.15) is 5.78 Å². The van der Waals surface area contributed by atoms with E-state index in [2.05, 4.69) is 13.5 Å². The summed E-state index contributed by atoms with van der Waals surface area (Å²) in [5.74, 6) is 0.508. The number of rotatable bonds is 24. The second-order valence-electron chi connectivity index (χ2n) is 8.83. The number of Topliss-reactive ketones (excluding diaryl/α,β-unsaturated/α-hetero) is 1. The summed E-state index contributed by atoms with van der Waals surface area (Å²) in [6.07, 6.45) is 31.7. The molecule has 0 aromatic carbocycles. The summed E-state index contributed by atoms with van der Waals surface area (Å²) in [7, 11) is 0. The molecule has 1 heteroatoms. The number of carbonyl (C=O) groups excluding carboxylic acids is 1. The fraction of sp³-hybridized carbons (Fsp3) is 0.889. The summed E-state index contributed by atoms with van der Waals surface area (Å²) in [6, 6.07) is 0. The third-order valence-corrected chi connectivity index (χ3v) is 5.92. The minimum Gasteiger partial charge on any atom is -0.300 e. The highest BCUT2D eigenvalue weighted by atomic mass is 16.1. The number of hydrogen-bond acceptors (Lipinski definition) is 1. The maximum absolute atomic E-state index is 11.9. The molecule has 0 unspecified atom stereocenters. The zero-order chi connectivity index (χ0) is 20.5. The normalized spacial score (nSPS) is 11.0. The third-order valence-electron chi connectivity index (χ3n) is 5.92. The monoisotopic (exact) mass is 392 g/mol. The Kier molecular flexibility index (Phi) is 23.9. The van der Waals surface area contributed by atoms with Gasteiger partial charge >= 0.3 is 0 Å². The Morgan fingerprint density at radius 2 is 0.857 bits per heavy atom. The van der Waals surface area contributed by atoms with Crippen molar-refractivity contribution in [3.63, 3.8) is 0 Å². The standard InChI is InChI=1S/C27H52O/c1-3-5-7-9-11-13-14-15-16-18-20-22-24-26-27(28)25-23-21-19-17-12-10-8-6-4-2/h4H,2-3,5-26H2,1H3. The van der Waals surface area contributed by atoms with Gasteiger partial charge in [0.25, 0.3) is 0 Å². The second-order valence-corrected chi connectivity index (χ2v) is 8.83. The molecule has 0 saturated carbocycles. The first kappa shape index (κ1) is 27.4.